The Labute approximate surface area is 219 Å². The molecule has 11 heteroatoms. The Hall–Kier alpha value is -3.60. The Bertz CT molecular complexity index is 1390. The van der Waals surface area contributed by atoms with Gasteiger partial charge in [0.05, 0.1) is 28.2 Å². The van der Waals surface area contributed by atoms with Crippen molar-refractivity contribution in [2.75, 3.05) is 13.1 Å². The van der Waals surface area contributed by atoms with Gasteiger partial charge in [-0.05, 0) is 73.7 Å². The van der Waals surface area contributed by atoms with Crippen LogP contribution in [0.25, 0.3) is 10.9 Å². The number of piperidine rings is 3. The van der Waals surface area contributed by atoms with Crippen LogP contribution in [0.2, 0.25) is 0 Å². The number of fused-ring (bicyclic) bond motifs is 4. The first kappa shape index (κ1) is 27.0. The molecule has 0 aliphatic carbocycles. The number of hydrogen-bond acceptors (Lipinski definition) is 5. The summed E-state index contributed by atoms with van der Waals surface area (Å²) >= 11 is 0. The number of rotatable bonds is 5. The molecule has 2 bridgehead atoms. The molecular weight excluding hydrogens is 526 g/mol. The van der Waals surface area contributed by atoms with E-state index < -0.39 is 47.2 Å². The van der Waals surface area contributed by atoms with Crippen molar-refractivity contribution >= 4 is 16.9 Å². The molecule has 1 aromatic heterocycles. The molecule has 2 aromatic carbocycles. The first-order valence-corrected chi connectivity index (χ1v) is 12.3. The number of alkyl halides is 6. The maximum Gasteiger partial charge on any atom is 0.416 e. The first-order chi connectivity index (χ1) is 18.3. The van der Waals surface area contributed by atoms with Crippen LogP contribution in [0.4, 0.5) is 26.3 Å². The second-order valence-electron chi connectivity index (χ2n) is 9.97. The summed E-state index contributed by atoms with van der Waals surface area (Å²) in [6.07, 6.45) is -6.46. The molecule has 4 heterocycles. The third-order valence-electron chi connectivity index (χ3n) is 7.63. The minimum absolute atomic E-state index is 0.0331. The van der Waals surface area contributed by atoms with Crippen LogP contribution in [0.1, 0.15) is 46.0 Å². The van der Waals surface area contributed by atoms with Gasteiger partial charge < -0.3 is 9.84 Å². The summed E-state index contributed by atoms with van der Waals surface area (Å²) in [6, 6.07) is 6.32. The summed E-state index contributed by atoms with van der Waals surface area (Å²) in [5.41, 5.74) is -3.14. The zero-order valence-electron chi connectivity index (χ0n) is 20.5. The fraction of sp³-hybridized carbons (Fsp3) is 0.357. The summed E-state index contributed by atoms with van der Waals surface area (Å²) in [6.45, 7) is 5.21. The Morgan fingerprint density at radius 3 is 2.36 bits per heavy atom. The number of esters is 1. The Morgan fingerprint density at radius 2 is 1.77 bits per heavy atom. The number of nitrogens with zero attached hydrogens (tertiary/aromatic N) is 2. The molecule has 0 saturated carbocycles. The van der Waals surface area contributed by atoms with Gasteiger partial charge in [0.15, 0.2) is 0 Å². The van der Waals surface area contributed by atoms with Crippen LogP contribution < -0.4 is 0 Å². The lowest BCUT2D eigenvalue weighted by molar-refractivity contribution is -0.143. The second kappa shape index (κ2) is 9.86. The standard InChI is InChI=1S/C28H24F6N2O3/c1-2-15-14-36-8-6-16(15)11-24(36)25(21-5-7-35-23-4-3-20(37)13-22(21)23)39-26(38)17-9-18(27(29,30)31)12-19(10-17)28(32,33)34/h2-5,7,9-10,12-13,15-16,24-25,37H,1,6,8,11,14H2. The quantitative estimate of drug-likeness (QED) is 0.216. The third-order valence-corrected chi connectivity index (χ3v) is 7.63. The van der Waals surface area contributed by atoms with Crippen molar-refractivity contribution in [2.45, 2.75) is 37.3 Å². The van der Waals surface area contributed by atoms with Gasteiger partial charge in [0.2, 0.25) is 0 Å². The van der Waals surface area contributed by atoms with E-state index in [2.05, 4.69) is 16.5 Å². The average molecular weight is 550 g/mol. The van der Waals surface area contributed by atoms with Crippen molar-refractivity contribution in [1.82, 2.24) is 9.88 Å². The van der Waals surface area contributed by atoms with Crippen LogP contribution in [0.15, 0.2) is 61.3 Å². The molecule has 5 atom stereocenters. The normalized spacial score (nSPS) is 23.9. The maximum absolute atomic E-state index is 13.4. The predicted molar refractivity (Wildman–Crippen MR) is 130 cm³/mol. The van der Waals surface area contributed by atoms with E-state index in [1.807, 2.05) is 6.08 Å². The van der Waals surface area contributed by atoms with Gasteiger partial charge in [-0.1, -0.05) is 6.08 Å². The van der Waals surface area contributed by atoms with Crippen molar-refractivity contribution in [3.63, 3.8) is 0 Å². The highest BCUT2D eigenvalue weighted by molar-refractivity contribution is 5.91. The van der Waals surface area contributed by atoms with Gasteiger partial charge in [-0.2, -0.15) is 26.3 Å². The van der Waals surface area contributed by atoms with Gasteiger partial charge in [0, 0.05) is 23.7 Å². The molecule has 3 fully saturated rings. The van der Waals surface area contributed by atoms with Crippen molar-refractivity contribution in [1.29, 1.82) is 0 Å². The number of halogens is 6. The number of aromatic hydroxyl groups is 1. The highest BCUT2D eigenvalue weighted by atomic mass is 19.4. The molecule has 3 aliphatic heterocycles. The lowest BCUT2D eigenvalue weighted by Crippen LogP contribution is -2.55. The lowest BCUT2D eigenvalue weighted by Gasteiger charge is -2.51. The molecule has 1 N–H and O–H groups in total. The van der Waals surface area contributed by atoms with Crippen LogP contribution in [0.3, 0.4) is 0 Å². The van der Waals surface area contributed by atoms with Gasteiger partial charge in [0.25, 0.3) is 0 Å². The topological polar surface area (TPSA) is 62.7 Å². The van der Waals surface area contributed by atoms with Crippen LogP contribution >= 0.6 is 0 Å². The molecule has 0 amide bonds. The predicted octanol–water partition coefficient (Wildman–Crippen LogP) is 6.77. The molecule has 5 unspecified atom stereocenters. The molecule has 6 rings (SSSR count). The highest BCUT2D eigenvalue weighted by Gasteiger charge is 2.45. The molecule has 39 heavy (non-hydrogen) atoms. The minimum atomic E-state index is -5.11. The van der Waals surface area contributed by atoms with E-state index in [1.54, 1.807) is 12.1 Å². The fourth-order valence-corrected chi connectivity index (χ4v) is 5.70. The van der Waals surface area contributed by atoms with E-state index in [4.69, 9.17) is 4.74 Å². The lowest BCUT2D eigenvalue weighted by atomic mass is 9.73. The number of aromatic nitrogens is 1. The number of phenolic OH excluding ortho intramolecular Hbond substituents is 1. The molecule has 0 spiro atoms. The maximum atomic E-state index is 13.4. The number of ether oxygens (including phenoxy) is 1. The van der Waals surface area contributed by atoms with E-state index in [-0.39, 0.29) is 23.7 Å². The molecule has 3 aromatic rings. The first-order valence-electron chi connectivity index (χ1n) is 12.3. The van der Waals surface area contributed by atoms with Crippen molar-refractivity contribution in [3.05, 3.63) is 83.6 Å². The Balaban J connectivity index is 1.59. The van der Waals surface area contributed by atoms with Crippen LogP contribution in [-0.2, 0) is 17.1 Å². The van der Waals surface area contributed by atoms with Gasteiger partial charge in [-0.15, -0.1) is 6.58 Å². The number of hydrogen-bond donors (Lipinski definition) is 1. The van der Waals surface area contributed by atoms with Gasteiger partial charge in [0.1, 0.15) is 11.9 Å². The monoisotopic (exact) mass is 550 g/mol. The zero-order valence-corrected chi connectivity index (χ0v) is 20.5. The van der Waals surface area contributed by atoms with Crippen LogP contribution in [-0.4, -0.2) is 40.1 Å². The summed E-state index contributed by atoms with van der Waals surface area (Å²) in [7, 11) is 0. The Morgan fingerprint density at radius 1 is 1.08 bits per heavy atom. The van der Waals surface area contributed by atoms with Crippen LogP contribution in [0, 0.1) is 11.8 Å². The van der Waals surface area contributed by atoms with E-state index in [0.29, 0.717) is 48.1 Å². The molecule has 3 saturated heterocycles. The summed E-state index contributed by atoms with van der Waals surface area (Å²) in [5.74, 6) is -0.954. The summed E-state index contributed by atoms with van der Waals surface area (Å²) < 4.78 is 86.4. The van der Waals surface area contributed by atoms with E-state index >= 15 is 0 Å². The SMILES string of the molecule is C=CC1CN2CCC1CC2C(OC(=O)c1cc(C(F)(F)F)cc(C(F)(F)F)c1)c1ccnc2ccc(O)cc12. The van der Waals surface area contributed by atoms with Gasteiger partial charge in [-0.25, -0.2) is 4.79 Å². The molecule has 5 nitrogen and oxygen atoms in total. The smallest absolute Gasteiger partial charge is 0.416 e. The number of carbonyl (C=O) groups is 1. The third kappa shape index (κ3) is 5.32. The summed E-state index contributed by atoms with van der Waals surface area (Å²) in [4.78, 5) is 19.7. The van der Waals surface area contributed by atoms with E-state index in [1.165, 1.54) is 18.3 Å². The largest absolute Gasteiger partial charge is 0.508 e. The number of benzene rings is 2. The van der Waals surface area contributed by atoms with Gasteiger partial charge >= 0.3 is 18.3 Å². The minimum Gasteiger partial charge on any atom is -0.508 e. The van der Waals surface area contributed by atoms with Gasteiger partial charge in [-0.3, -0.25) is 9.88 Å². The second-order valence-corrected chi connectivity index (χ2v) is 9.97. The van der Waals surface area contributed by atoms with Crippen molar-refractivity contribution in [3.8, 4) is 5.75 Å². The summed E-state index contributed by atoms with van der Waals surface area (Å²) in [5, 5.41) is 10.6. The zero-order chi connectivity index (χ0) is 28.1. The highest BCUT2D eigenvalue weighted by Crippen LogP contribution is 2.44. The fourth-order valence-electron chi connectivity index (χ4n) is 5.70. The number of pyridine rings is 1. The number of carbonyl (C=O) groups excluding carboxylic acids is 1. The molecular formula is C28H24F6N2O3. The average Bonchev–Trinajstić information content (AvgIpc) is 2.90. The number of phenols is 1. The molecule has 206 valence electrons. The van der Waals surface area contributed by atoms with E-state index in [0.717, 1.165) is 6.42 Å². The molecule has 3 aliphatic rings. The van der Waals surface area contributed by atoms with E-state index in [9.17, 15) is 36.2 Å². The van der Waals surface area contributed by atoms with Crippen molar-refractivity contribution in [2.24, 2.45) is 11.8 Å². The van der Waals surface area contributed by atoms with Crippen molar-refractivity contribution < 1.29 is 41.0 Å². The Kier molecular flexibility index (Phi) is 6.82. The van der Waals surface area contributed by atoms with Crippen LogP contribution in [0.5, 0.6) is 5.75 Å². The molecule has 0 radical (unpaired) electrons.